The van der Waals surface area contributed by atoms with E-state index in [1.165, 1.54) is 94.7 Å². The normalized spacial score (nSPS) is 13.4. The molecule has 0 atom stereocenters. The molecule has 2 amide bonds. The Kier molecular flexibility index (Phi) is 14.6. The smallest absolute Gasteiger partial charge is 0.268 e. The van der Waals surface area contributed by atoms with Crippen LogP contribution in [0.1, 0.15) is 116 Å². The summed E-state index contributed by atoms with van der Waals surface area (Å²) in [6, 6.07) is 10.9. The second kappa shape index (κ2) is 17.9. The Labute approximate surface area is 272 Å². The average molecular weight is 651 g/mol. The molecule has 43 heavy (non-hydrogen) atoms. The van der Waals surface area contributed by atoms with Crippen LogP contribution in [-0.4, -0.2) is 23.3 Å². The van der Waals surface area contributed by atoms with Gasteiger partial charge in [-0.3, -0.25) is 9.59 Å². The van der Waals surface area contributed by atoms with Crippen LogP contribution in [0.3, 0.4) is 0 Å². The van der Waals surface area contributed by atoms with Gasteiger partial charge in [-0.25, -0.2) is 0 Å². The molecular weight excluding hydrogens is 605 g/mol. The number of hydrazone groups is 1. The third-order valence-electron chi connectivity index (χ3n) is 7.61. The second-order valence-corrected chi connectivity index (χ2v) is 13.1. The molecule has 0 bridgehead atoms. The maximum absolute atomic E-state index is 13.1. The van der Waals surface area contributed by atoms with E-state index in [2.05, 4.69) is 23.4 Å². The molecule has 1 aliphatic rings. The Morgan fingerprint density at radius 2 is 1.44 bits per heavy atom. The van der Waals surface area contributed by atoms with Gasteiger partial charge in [0.15, 0.2) is 5.60 Å². The maximum atomic E-state index is 13.1. The number of carbonyl (C=O) groups is 2. The monoisotopic (exact) mass is 649 g/mol. The van der Waals surface area contributed by atoms with E-state index >= 15 is 0 Å². The lowest BCUT2D eigenvalue weighted by atomic mass is 10.0. The third kappa shape index (κ3) is 11.6. The summed E-state index contributed by atoms with van der Waals surface area (Å²) < 4.78 is 6.10. The fourth-order valence-electron chi connectivity index (χ4n) is 5.14. The molecule has 0 saturated heterocycles. The number of nitrogens with one attached hydrogen (secondary N) is 1. The quantitative estimate of drug-likeness (QED) is 0.163. The molecule has 0 saturated carbocycles. The number of unbranched alkanes of at least 4 members (excludes halogenated alkanes) is 12. The molecule has 0 aliphatic carbocycles. The van der Waals surface area contributed by atoms with E-state index in [1.54, 1.807) is 13.8 Å². The fourth-order valence-corrected chi connectivity index (χ4v) is 6.12. The summed E-state index contributed by atoms with van der Waals surface area (Å²) in [7, 11) is 0. The van der Waals surface area contributed by atoms with Crippen LogP contribution < -0.4 is 15.1 Å². The summed E-state index contributed by atoms with van der Waals surface area (Å²) in [5, 5.41) is 8.78. The van der Waals surface area contributed by atoms with Gasteiger partial charge in [-0.15, -0.1) is 0 Å². The lowest BCUT2D eigenvalue weighted by molar-refractivity contribution is -0.132. The van der Waals surface area contributed by atoms with Gasteiger partial charge < -0.3 is 10.1 Å². The van der Waals surface area contributed by atoms with Crippen molar-refractivity contribution in [1.82, 2.24) is 5.32 Å². The van der Waals surface area contributed by atoms with Crippen molar-refractivity contribution in [2.24, 2.45) is 5.10 Å². The van der Waals surface area contributed by atoms with Crippen LogP contribution in [0.5, 0.6) is 5.75 Å². The summed E-state index contributed by atoms with van der Waals surface area (Å²) in [6.45, 7) is 5.63. The molecular formula is C34H46Cl3N3O3. The van der Waals surface area contributed by atoms with E-state index in [1.807, 2.05) is 18.2 Å². The molecule has 0 aromatic heterocycles. The van der Waals surface area contributed by atoms with Crippen molar-refractivity contribution in [3.8, 4) is 5.75 Å². The van der Waals surface area contributed by atoms with Gasteiger partial charge in [-0.05, 0) is 56.5 Å². The molecule has 236 valence electrons. The number of anilines is 1. The van der Waals surface area contributed by atoms with Gasteiger partial charge in [-0.1, -0.05) is 131 Å². The van der Waals surface area contributed by atoms with Crippen LogP contribution in [0.15, 0.2) is 41.5 Å². The first-order valence-corrected chi connectivity index (χ1v) is 16.9. The van der Waals surface area contributed by atoms with Crippen LogP contribution in [0.25, 0.3) is 0 Å². The van der Waals surface area contributed by atoms with Crippen LogP contribution in [0.2, 0.25) is 15.1 Å². The van der Waals surface area contributed by atoms with E-state index < -0.39 is 11.5 Å². The van der Waals surface area contributed by atoms with E-state index in [9.17, 15) is 9.59 Å². The van der Waals surface area contributed by atoms with Crippen LogP contribution in [0.4, 0.5) is 5.69 Å². The largest absolute Gasteiger partial charge is 0.478 e. The molecule has 1 aliphatic heterocycles. The topological polar surface area (TPSA) is 71.0 Å². The van der Waals surface area contributed by atoms with Crippen molar-refractivity contribution < 1.29 is 14.3 Å². The Morgan fingerprint density at radius 1 is 0.884 bits per heavy atom. The number of rotatable bonds is 18. The lowest BCUT2D eigenvalue weighted by Crippen LogP contribution is -2.48. The molecule has 0 fully saturated rings. The summed E-state index contributed by atoms with van der Waals surface area (Å²) in [5.74, 6) is 0.0140. The zero-order valence-electron chi connectivity index (χ0n) is 25.8. The minimum absolute atomic E-state index is 0.105. The average Bonchev–Trinajstić information content (AvgIpc) is 3.29. The Hall–Kier alpha value is -2.28. The molecule has 6 nitrogen and oxygen atoms in total. The van der Waals surface area contributed by atoms with Gasteiger partial charge >= 0.3 is 0 Å². The Balaban J connectivity index is 1.40. The van der Waals surface area contributed by atoms with Gasteiger partial charge in [0, 0.05) is 5.02 Å². The van der Waals surface area contributed by atoms with Gasteiger partial charge in [-0.2, -0.15) is 10.1 Å². The molecule has 9 heteroatoms. The van der Waals surface area contributed by atoms with Crippen molar-refractivity contribution in [1.29, 1.82) is 0 Å². The van der Waals surface area contributed by atoms with E-state index in [-0.39, 0.29) is 33.9 Å². The highest BCUT2D eigenvalue weighted by Crippen LogP contribution is 2.38. The number of amides is 2. The third-order valence-corrected chi connectivity index (χ3v) is 8.41. The fraction of sp³-hybridized carbons (Fsp3) is 0.559. The van der Waals surface area contributed by atoms with E-state index in [0.29, 0.717) is 10.8 Å². The summed E-state index contributed by atoms with van der Waals surface area (Å²) in [4.78, 5) is 25.8. The number of hydrogen-bond acceptors (Lipinski definition) is 4. The Bertz CT molecular complexity index is 1230. The number of halogens is 3. The van der Waals surface area contributed by atoms with Crippen LogP contribution in [-0.2, 0) is 16.0 Å². The molecule has 0 spiro atoms. The standard InChI is InChI=1S/C34H46Cl3N3O3/c1-4-5-6-7-8-9-10-11-12-13-14-15-16-18-25-19-17-20-27(21-25)43-34(2,3)33(42)38-30-24-31(41)40(39-30)32-28(36)22-26(35)23-29(32)37/h17,19-23H,4-16,18,24H2,1-3H3,(H,38,39,42). The number of nitrogens with zero attached hydrogens (tertiary/aromatic N) is 2. The summed E-state index contributed by atoms with van der Waals surface area (Å²) >= 11 is 18.5. The first-order valence-electron chi connectivity index (χ1n) is 15.7. The highest BCUT2D eigenvalue weighted by Gasteiger charge is 2.35. The van der Waals surface area contributed by atoms with E-state index in [0.717, 1.165) is 17.9 Å². The minimum atomic E-state index is -1.21. The van der Waals surface area contributed by atoms with Gasteiger partial charge in [0.2, 0.25) is 0 Å². The maximum Gasteiger partial charge on any atom is 0.268 e. The van der Waals surface area contributed by atoms with Crippen molar-refractivity contribution in [2.75, 3.05) is 5.01 Å². The summed E-state index contributed by atoms with van der Waals surface area (Å²) in [6.07, 6.45) is 18.2. The van der Waals surface area contributed by atoms with Gasteiger partial charge in [0.05, 0.1) is 16.5 Å². The second-order valence-electron chi connectivity index (χ2n) is 11.9. The van der Waals surface area contributed by atoms with E-state index in [4.69, 9.17) is 39.5 Å². The highest BCUT2D eigenvalue weighted by molar-refractivity contribution is 6.42. The molecule has 1 N–H and O–H groups in total. The predicted molar refractivity (Wildman–Crippen MR) is 180 cm³/mol. The van der Waals surface area contributed by atoms with Crippen molar-refractivity contribution in [2.45, 2.75) is 123 Å². The van der Waals surface area contributed by atoms with Crippen molar-refractivity contribution >= 4 is 58.1 Å². The van der Waals surface area contributed by atoms with Crippen LogP contribution >= 0.6 is 34.8 Å². The Morgan fingerprint density at radius 3 is 2.02 bits per heavy atom. The number of ether oxygens (including phenoxy) is 1. The predicted octanol–water partition coefficient (Wildman–Crippen LogP) is 10.3. The first kappa shape index (κ1) is 35.2. The summed E-state index contributed by atoms with van der Waals surface area (Å²) in [5.41, 5.74) is 0.204. The molecule has 2 aromatic rings. The zero-order valence-corrected chi connectivity index (χ0v) is 28.1. The van der Waals surface area contributed by atoms with Gasteiger partial charge in [0.1, 0.15) is 17.3 Å². The van der Waals surface area contributed by atoms with Crippen molar-refractivity contribution in [3.05, 3.63) is 57.0 Å². The number of benzene rings is 2. The van der Waals surface area contributed by atoms with Crippen LogP contribution in [0, 0.1) is 0 Å². The lowest BCUT2D eigenvalue weighted by Gasteiger charge is -2.25. The zero-order chi connectivity index (χ0) is 31.2. The molecule has 1 heterocycles. The molecule has 3 rings (SSSR count). The number of amidine groups is 1. The number of aryl methyl sites for hydroxylation is 1. The molecule has 0 unspecified atom stereocenters. The van der Waals surface area contributed by atoms with Crippen molar-refractivity contribution in [3.63, 3.8) is 0 Å². The number of hydrogen-bond donors (Lipinski definition) is 1. The van der Waals surface area contributed by atoms with Gasteiger partial charge in [0.25, 0.3) is 11.8 Å². The minimum Gasteiger partial charge on any atom is -0.478 e. The number of carbonyl (C=O) groups excluding carboxylic acids is 2. The highest BCUT2D eigenvalue weighted by atomic mass is 35.5. The molecule has 2 aromatic carbocycles. The molecule has 0 radical (unpaired) electrons. The SMILES string of the molecule is CCCCCCCCCCCCCCCc1cccc(OC(C)(C)C(=O)NC2=NN(c3c(Cl)cc(Cl)cc3Cl)C(=O)C2)c1. The first-order chi connectivity index (χ1) is 20.6.